The lowest BCUT2D eigenvalue weighted by atomic mass is 9.96. The van der Waals surface area contributed by atoms with Gasteiger partial charge < -0.3 is 15.4 Å². The molecule has 0 saturated heterocycles. The second kappa shape index (κ2) is 12.4. The van der Waals surface area contributed by atoms with Gasteiger partial charge in [-0.2, -0.15) is 0 Å². The molecule has 2 N–H and O–H groups in total. The molecule has 0 aliphatic heterocycles. The van der Waals surface area contributed by atoms with Gasteiger partial charge in [0.25, 0.3) is 0 Å². The van der Waals surface area contributed by atoms with Crippen LogP contribution in [0, 0.1) is 0 Å². The molecule has 2 rings (SSSR count). The summed E-state index contributed by atoms with van der Waals surface area (Å²) in [7, 11) is 0. The predicted molar refractivity (Wildman–Crippen MR) is 104 cm³/mol. The summed E-state index contributed by atoms with van der Waals surface area (Å²) in [5.74, 6) is 0.991. The Morgan fingerprint density at radius 1 is 1.05 bits per heavy atom. The average Bonchev–Trinajstić information content (AvgIpc) is 3.01. The lowest BCUT2D eigenvalue weighted by molar-refractivity contribution is 0.0579. The average molecular weight is 423 g/mol. The first-order valence-electron chi connectivity index (χ1n) is 9.05. The van der Waals surface area contributed by atoms with Gasteiger partial charge in [0, 0.05) is 25.7 Å². The van der Waals surface area contributed by atoms with Crippen molar-refractivity contribution in [3.63, 3.8) is 0 Å². The summed E-state index contributed by atoms with van der Waals surface area (Å²) in [6.45, 7) is 4.77. The van der Waals surface area contributed by atoms with E-state index in [1.165, 1.54) is 57.8 Å². The fraction of sp³-hybridized carbons (Fsp3) is 0.941. The smallest absolute Gasteiger partial charge is 0.191 e. The van der Waals surface area contributed by atoms with Crippen molar-refractivity contribution in [2.24, 2.45) is 4.99 Å². The van der Waals surface area contributed by atoms with E-state index in [2.05, 4.69) is 22.5 Å². The molecular weight excluding hydrogens is 389 g/mol. The van der Waals surface area contributed by atoms with Crippen LogP contribution in [0.3, 0.4) is 0 Å². The third-order valence-corrected chi connectivity index (χ3v) is 4.52. The highest BCUT2D eigenvalue weighted by molar-refractivity contribution is 14.0. The zero-order valence-corrected chi connectivity index (χ0v) is 16.4. The Bertz CT molecular complexity index is 300. The molecule has 130 valence electrons. The summed E-state index contributed by atoms with van der Waals surface area (Å²) in [5.41, 5.74) is 0. The molecule has 2 aliphatic carbocycles. The maximum Gasteiger partial charge on any atom is 0.191 e. The summed E-state index contributed by atoms with van der Waals surface area (Å²) in [6.07, 6.45) is 13.4. The van der Waals surface area contributed by atoms with E-state index in [0.717, 1.165) is 32.1 Å². The highest BCUT2D eigenvalue weighted by Crippen LogP contribution is 2.20. The fourth-order valence-corrected chi connectivity index (χ4v) is 3.32. The molecule has 0 aromatic heterocycles. The van der Waals surface area contributed by atoms with Gasteiger partial charge in [-0.05, 0) is 39.0 Å². The van der Waals surface area contributed by atoms with E-state index in [-0.39, 0.29) is 24.0 Å². The van der Waals surface area contributed by atoms with E-state index in [4.69, 9.17) is 4.74 Å². The van der Waals surface area contributed by atoms with E-state index in [0.29, 0.717) is 12.1 Å². The molecule has 0 aromatic carbocycles. The lowest BCUT2D eigenvalue weighted by Gasteiger charge is -2.24. The first kappa shape index (κ1) is 20.0. The van der Waals surface area contributed by atoms with Crippen LogP contribution in [0.25, 0.3) is 0 Å². The number of hydrogen-bond acceptors (Lipinski definition) is 2. The van der Waals surface area contributed by atoms with Crippen LogP contribution in [0.4, 0.5) is 0 Å². The van der Waals surface area contributed by atoms with Crippen molar-refractivity contribution in [2.75, 3.05) is 19.7 Å². The third-order valence-electron chi connectivity index (χ3n) is 4.52. The maximum atomic E-state index is 5.88. The molecule has 0 spiro atoms. The highest BCUT2D eigenvalue weighted by atomic mass is 127. The van der Waals surface area contributed by atoms with Gasteiger partial charge in [-0.25, -0.2) is 0 Å². The molecule has 0 aromatic rings. The molecule has 2 saturated carbocycles. The van der Waals surface area contributed by atoms with E-state index >= 15 is 0 Å². The topological polar surface area (TPSA) is 45.7 Å². The molecule has 0 heterocycles. The van der Waals surface area contributed by atoms with Crippen LogP contribution >= 0.6 is 24.0 Å². The van der Waals surface area contributed by atoms with Gasteiger partial charge in [0.2, 0.25) is 0 Å². The van der Waals surface area contributed by atoms with Crippen LogP contribution in [0.15, 0.2) is 4.99 Å². The summed E-state index contributed by atoms with van der Waals surface area (Å²) in [4.78, 5) is 4.69. The van der Waals surface area contributed by atoms with Crippen LogP contribution in [0.5, 0.6) is 0 Å². The molecule has 0 atom stereocenters. The standard InChI is InChI=1S/C17H33N3O.HI/c1-2-18-17(20-15-9-4-3-5-10-15)19-13-8-14-21-16-11-6-7-12-16;/h15-16H,2-14H2,1H3,(H2,18,19,20);1H. The number of aliphatic imine (C=N–C) groups is 1. The van der Waals surface area contributed by atoms with Crippen LogP contribution in [-0.2, 0) is 4.74 Å². The third kappa shape index (κ3) is 7.99. The number of ether oxygens (including phenoxy) is 1. The minimum atomic E-state index is 0. The van der Waals surface area contributed by atoms with Gasteiger partial charge >= 0.3 is 0 Å². The molecule has 2 aliphatic rings. The number of nitrogens with zero attached hydrogens (tertiary/aromatic N) is 1. The summed E-state index contributed by atoms with van der Waals surface area (Å²) in [6, 6.07) is 0.617. The van der Waals surface area contributed by atoms with Crippen LogP contribution in [0.1, 0.15) is 71.1 Å². The normalized spacial score (nSPS) is 20.7. The number of guanidine groups is 1. The molecule has 2 fully saturated rings. The highest BCUT2D eigenvalue weighted by Gasteiger charge is 2.15. The molecule has 0 amide bonds. The van der Waals surface area contributed by atoms with Crippen LogP contribution < -0.4 is 10.6 Å². The van der Waals surface area contributed by atoms with Crippen molar-refractivity contribution >= 4 is 29.9 Å². The summed E-state index contributed by atoms with van der Waals surface area (Å²) in [5, 5.41) is 6.95. The molecule has 5 heteroatoms. The summed E-state index contributed by atoms with van der Waals surface area (Å²) < 4.78 is 5.88. The minimum Gasteiger partial charge on any atom is -0.378 e. The van der Waals surface area contributed by atoms with Gasteiger partial charge in [0.05, 0.1) is 6.10 Å². The Labute approximate surface area is 153 Å². The number of halogens is 1. The first-order chi connectivity index (χ1) is 10.4. The van der Waals surface area contributed by atoms with E-state index in [1.54, 1.807) is 0 Å². The van der Waals surface area contributed by atoms with Crippen molar-refractivity contribution in [1.29, 1.82) is 0 Å². The van der Waals surface area contributed by atoms with Crippen molar-refractivity contribution in [2.45, 2.75) is 83.3 Å². The lowest BCUT2D eigenvalue weighted by Crippen LogP contribution is -2.44. The quantitative estimate of drug-likeness (QED) is 0.283. The Hall–Kier alpha value is -0.0400. The zero-order chi connectivity index (χ0) is 14.8. The second-order valence-corrected chi connectivity index (χ2v) is 6.37. The van der Waals surface area contributed by atoms with Gasteiger partial charge in [-0.3, -0.25) is 4.99 Å². The molecule has 22 heavy (non-hydrogen) atoms. The van der Waals surface area contributed by atoms with E-state index in [1.807, 2.05) is 0 Å². The minimum absolute atomic E-state index is 0. The second-order valence-electron chi connectivity index (χ2n) is 6.37. The molecule has 0 bridgehead atoms. The van der Waals surface area contributed by atoms with Crippen molar-refractivity contribution in [3.05, 3.63) is 0 Å². The number of nitrogens with one attached hydrogen (secondary N) is 2. The summed E-state index contributed by atoms with van der Waals surface area (Å²) >= 11 is 0. The van der Waals surface area contributed by atoms with Gasteiger partial charge in [-0.1, -0.05) is 32.1 Å². The number of hydrogen-bond donors (Lipinski definition) is 2. The maximum absolute atomic E-state index is 5.88. The van der Waals surface area contributed by atoms with Crippen LogP contribution in [0.2, 0.25) is 0 Å². The Balaban J connectivity index is 0.00000242. The SMILES string of the molecule is CCNC(=NCCCOC1CCCC1)NC1CCCCC1.I. The Morgan fingerprint density at radius 2 is 1.73 bits per heavy atom. The zero-order valence-electron chi connectivity index (χ0n) is 14.1. The van der Waals surface area contributed by atoms with Gasteiger partial charge in [0.1, 0.15) is 0 Å². The van der Waals surface area contributed by atoms with Crippen molar-refractivity contribution in [3.8, 4) is 0 Å². The van der Waals surface area contributed by atoms with E-state index < -0.39 is 0 Å². The molecular formula is C17H34IN3O. The monoisotopic (exact) mass is 423 g/mol. The Kier molecular flexibility index (Phi) is 11.3. The fourth-order valence-electron chi connectivity index (χ4n) is 3.32. The van der Waals surface area contributed by atoms with Crippen molar-refractivity contribution in [1.82, 2.24) is 10.6 Å². The largest absolute Gasteiger partial charge is 0.378 e. The molecule has 0 unspecified atom stereocenters. The van der Waals surface area contributed by atoms with Crippen LogP contribution in [-0.4, -0.2) is 37.8 Å². The van der Waals surface area contributed by atoms with Gasteiger partial charge in [0.15, 0.2) is 5.96 Å². The number of rotatable bonds is 7. The first-order valence-corrected chi connectivity index (χ1v) is 9.05. The predicted octanol–water partition coefficient (Wildman–Crippen LogP) is 3.84. The molecule has 0 radical (unpaired) electrons. The molecule has 4 nitrogen and oxygen atoms in total. The Morgan fingerprint density at radius 3 is 2.41 bits per heavy atom. The van der Waals surface area contributed by atoms with Gasteiger partial charge in [-0.15, -0.1) is 24.0 Å². The van der Waals surface area contributed by atoms with Crippen molar-refractivity contribution < 1.29 is 4.74 Å². The van der Waals surface area contributed by atoms with E-state index in [9.17, 15) is 0 Å².